The molecule has 0 radical (unpaired) electrons. The predicted molar refractivity (Wildman–Crippen MR) is 186 cm³/mol. The maximum atomic E-state index is 14.0. The molecule has 1 heterocycles. The lowest BCUT2D eigenvalue weighted by atomic mass is 10.1. The summed E-state index contributed by atoms with van der Waals surface area (Å²) in [5.41, 5.74) is 11.4. The van der Waals surface area contributed by atoms with Crippen LogP contribution in [0.4, 0.5) is 17.1 Å². The third-order valence-corrected chi connectivity index (χ3v) is 11.1. The Labute approximate surface area is 287 Å². The highest BCUT2D eigenvalue weighted by Gasteiger charge is 2.32. The van der Waals surface area contributed by atoms with Gasteiger partial charge in [0.1, 0.15) is 18.8 Å². The average Bonchev–Trinajstić information content (AvgIpc) is 3.01. The van der Waals surface area contributed by atoms with Crippen molar-refractivity contribution in [3.05, 3.63) is 84.9 Å². The van der Waals surface area contributed by atoms with E-state index in [0.717, 1.165) is 15.2 Å². The Kier molecular flexibility index (Phi) is 11.0. The van der Waals surface area contributed by atoms with Gasteiger partial charge in [0.15, 0.2) is 0 Å². The fourth-order valence-corrected chi connectivity index (χ4v) is 7.94. The summed E-state index contributed by atoms with van der Waals surface area (Å²) < 4.78 is 62.5. The third-order valence-electron chi connectivity index (χ3n) is 7.51. The molecule has 0 saturated carbocycles. The fraction of sp³-hybridized carbons (Fsp3) is 0.194. The molecule has 4 aromatic rings. The first kappa shape index (κ1) is 36.1. The Morgan fingerprint density at radius 2 is 1.21 bits per heavy atom. The molecule has 0 unspecified atom stereocenters. The zero-order valence-corrected chi connectivity index (χ0v) is 28.9. The largest absolute Gasteiger partial charge is 0.497 e. The van der Waals surface area contributed by atoms with Crippen LogP contribution < -0.4 is 35.4 Å². The number of ether oxygens (including phenoxy) is 1. The molecule has 1 fully saturated rings. The van der Waals surface area contributed by atoms with E-state index in [1.807, 2.05) is 0 Å². The second kappa shape index (κ2) is 14.6. The number of carbonyl (C=O) groups excluding carboxylic acids is 3. The maximum Gasteiger partial charge on any atom is 0.264 e. The van der Waals surface area contributed by atoms with E-state index in [4.69, 9.17) is 16.2 Å². The van der Waals surface area contributed by atoms with Gasteiger partial charge in [0.25, 0.3) is 20.0 Å². The molecule has 4 aromatic carbocycles. The van der Waals surface area contributed by atoms with E-state index in [9.17, 15) is 31.2 Å². The number of nitrogens with one attached hydrogen (secondary N) is 2. The van der Waals surface area contributed by atoms with E-state index >= 15 is 0 Å². The van der Waals surface area contributed by atoms with Crippen LogP contribution >= 0.6 is 17.0 Å². The summed E-state index contributed by atoms with van der Waals surface area (Å²) in [6.07, 6.45) is 0.695. The molecular formula is C31H33BrN6O8S2. The molecule has 17 heteroatoms. The van der Waals surface area contributed by atoms with Gasteiger partial charge >= 0.3 is 0 Å². The molecule has 3 amide bonds. The number of primary amides is 2. The number of fused-ring (bicyclic) bond motifs is 1. The number of hydrogen-bond acceptors (Lipinski definition) is 9. The first-order valence-corrected chi connectivity index (χ1v) is 17.1. The summed E-state index contributed by atoms with van der Waals surface area (Å²) in [7, 11) is -7.37. The van der Waals surface area contributed by atoms with E-state index in [0.29, 0.717) is 17.9 Å². The lowest BCUT2D eigenvalue weighted by Crippen LogP contribution is -2.50. The van der Waals surface area contributed by atoms with Gasteiger partial charge in [-0.1, -0.05) is 24.3 Å². The molecule has 0 aliphatic carbocycles. The van der Waals surface area contributed by atoms with Crippen LogP contribution in [0.1, 0.15) is 6.42 Å². The van der Waals surface area contributed by atoms with Gasteiger partial charge in [-0.15, -0.1) is 17.0 Å². The SMILES string of the molecule is Br.COc1ccc(S(=O)(=O)N(CC(N)=O)c2ccc(N(CC(N)=O)S(=O)(=O)c3ccc(NC(=O)[C@H]4CCN4)cc3)c3ccccc23)cc1. The summed E-state index contributed by atoms with van der Waals surface area (Å²) in [6.45, 7) is -0.727. The Morgan fingerprint density at radius 3 is 1.58 bits per heavy atom. The minimum absolute atomic E-state index is 0. The Morgan fingerprint density at radius 1 is 0.771 bits per heavy atom. The lowest BCUT2D eigenvalue weighted by molar-refractivity contribution is -0.119. The smallest absolute Gasteiger partial charge is 0.264 e. The summed E-state index contributed by atoms with van der Waals surface area (Å²) in [5, 5.41) is 6.20. The van der Waals surface area contributed by atoms with Crippen molar-refractivity contribution in [2.45, 2.75) is 22.3 Å². The second-order valence-electron chi connectivity index (χ2n) is 10.6. The molecule has 254 valence electrons. The summed E-state index contributed by atoms with van der Waals surface area (Å²) in [5.74, 6) is -1.71. The summed E-state index contributed by atoms with van der Waals surface area (Å²) in [6, 6.07) is 19.7. The Hall–Kier alpha value is -4.71. The number of methoxy groups -OCH3 is 1. The Bertz CT molecular complexity index is 2060. The summed E-state index contributed by atoms with van der Waals surface area (Å²) >= 11 is 0. The van der Waals surface area contributed by atoms with Crippen molar-refractivity contribution in [3.63, 3.8) is 0 Å². The standard InChI is InChI=1S/C31H32N6O8S2.BrH/c1-45-21-8-12-23(13-9-21)47(43,44)37(19-30(33)39)28-15-14-27(24-4-2-3-5-25(24)28)36(18-29(32)38)46(41,42)22-10-6-20(7-11-22)35-31(40)26-16-17-34-26;/h2-15,26,34H,16-19H2,1H3,(H2,32,38)(H2,33,39)(H,35,40);1H/t26-;/m1./s1. The van der Waals surface area contributed by atoms with Crippen molar-refractivity contribution in [1.29, 1.82) is 0 Å². The van der Waals surface area contributed by atoms with Crippen LogP contribution in [0.2, 0.25) is 0 Å². The maximum absolute atomic E-state index is 14.0. The van der Waals surface area contributed by atoms with Crippen LogP contribution in [-0.2, 0) is 34.4 Å². The van der Waals surface area contributed by atoms with Crippen molar-refractivity contribution >= 4 is 82.6 Å². The van der Waals surface area contributed by atoms with Crippen molar-refractivity contribution in [2.24, 2.45) is 11.5 Å². The molecule has 1 aliphatic rings. The molecule has 1 aliphatic heterocycles. The molecule has 0 bridgehead atoms. The van der Waals surface area contributed by atoms with E-state index in [1.54, 1.807) is 24.3 Å². The number of amides is 3. The average molecular weight is 762 g/mol. The first-order chi connectivity index (χ1) is 22.3. The van der Waals surface area contributed by atoms with Gasteiger partial charge in [-0.05, 0) is 73.6 Å². The normalized spacial score (nSPS) is 14.2. The molecule has 6 N–H and O–H groups in total. The Balaban J connectivity index is 0.00000520. The second-order valence-corrected chi connectivity index (χ2v) is 14.3. The number of halogens is 1. The minimum Gasteiger partial charge on any atom is -0.497 e. The van der Waals surface area contributed by atoms with Gasteiger partial charge in [0.05, 0.1) is 34.3 Å². The van der Waals surface area contributed by atoms with Gasteiger partial charge < -0.3 is 26.8 Å². The molecule has 1 saturated heterocycles. The lowest BCUT2D eigenvalue weighted by Gasteiger charge is -2.28. The molecule has 14 nitrogen and oxygen atoms in total. The quantitative estimate of drug-likeness (QED) is 0.157. The zero-order valence-electron chi connectivity index (χ0n) is 25.5. The first-order valence-electron chi connectivity index (χ1n) is 14.2. The number of nitrogens with zero attached hydrogens (tertiary/aromatic N) is 2. The number of anilines is 3. The molecule has 0 aromatic heterocycles. The van der Waals surface area contributed by atoms with E-state index in [-0.39, 0.29) is 60.9 Å². The summed E-state index contributed by atoms with van der Waals surface area (Å²) in [4.78, 5) is 36.3. The minimum atomic E-state index is -4.44. The highest BCUT2D eigenvalue weighted by molar-refractivity contribution is 8.93. The number of hydrogen-bond donors (Lipinski definition) is 4. The molecule has 48 heavy (non-hydrogen) atoms. The number of benzene rings is 4. The van der Waals surface area contributed by atoms with Crippen molar-refractivity contribution in [1.82, 2.24) is 5.32 Å². The number of nitrogens with two attached hydrogens (primary N) is 2. The highest BCUT2D eigenvalue weighted by Crippen LogP contribution is 2.38. The molecule has 1 atom stereocenters. The van der Waals surface area contributed by atoms with E-state index < -0.39 is 45.0 Å². The van der Waals surface area contributed by atoms with Gasteiger partial charge in [0, 0.05) is 16.5 Å². The van der Waals surface area contributed by atoms with Crippen LogP contribution in [0.25, 0.3) is 10.8 Å². The monoisotopic (exact) mass is 760 g/mol. The highest BCUT2D eigenvalue weighted by atomic mass is 79.9. The van der Waals surface area contributed by atoms with Gasteiger partial charge in [0.2, 0.25) is 17.7 Å². The zero-order chi connectivity index (χ0) is 33.9. The number of carbonyl (C=O) groups is 3. The molecular weight excluding hydrogens is 728 g/mol. The van der Waals surface area contributed by atoms with Crippen LogP contribution in [0, 0.1) is 0 Å². The van der Waals surface area contributed by atoms with Crippen LogP contribution in [0.5, 0.6) is 5.75 Å². The van der Waals surface area contributed by atoms with Crippen LogP contribution in [-0.4, -0.2) is 67.3 Å². The molecule has 0 spiro atoms. The topological polar surface area (TPSA) is 211 Å². The fourth-order valence-electron chi connectivity index (χ4n) is 5.04. The number of rotatable bonds is 13. The van der Waals surface area contributed by atoms with Gasteiger partial charge in [-0.2, -0.15) is 0 Å². The van der Waals surface area contributed by atoms with Crippen LogP contribution in [0.3, 0.4) is 0 Å². The predicted octanol–water partition coefficient (Wildman–Crippen LogP) is 2.09. The van der Waals surface area contributed by atoms with Gasteiger partial charge in [-0.3, -0.25) is 23.0 Å². The number of sulfonamides is 2. The molecule has 5 rings (SSSR count). The van der Waals surface area contributed by atoms with Crippen molar-refractivity contribution in [3.8, 4) is 5.75 Å². The van der Waals surface area contributed by atoms with E-state index in [1.165, 1.54) is 67.8 Å². The van der Waals surface area contributed by atoms with Crippen LogP contribution in [0.15, 0.2) is 94.7 Å². The third kappa shape index (κ3) is 7.38. The van der Waals surface area contributed by atoms with Crippen molar-refractivity contribution in [2.75, 3.05) is 40.7 Å². The van der Waals surface area contributed by atoms with E-state index in [2.05, 4.69) is 10.6 Å². The van der Waals surface area contributed by atoms with Crippen molar-refractivity contribution < 1.29 is 36.0 Å². The van der Waals surface area contributed by atoms with Gasteiger partial charge in [-0.25, -0.2) is 16.8 Å².